The summed E-state index contributed by atoms with van der Waals surface area (Å²) in [5.74, 6) is 1.35. The number of nitrogens with zero attached hydrogens (tertiary/aromatic N) is 4. The van der Waals surface area contributed by atoms with Crippen molar-refractivity contribution in [1.82, 2.24) is 14.9 Å². The van der Waals surface area contributed by atoms with E-state index in [0.29, 0.717) is 37.0 Å². The van der Waals surface area contributed by atoms with E-state index >= 15 is 0 Å². The van der Waals surface area contributed by atoms with Gasteiger partial charge in [0.2, 0.25) is 5.95 Å². The zero-order valence-electron chi connectivity index (χ0n) is 21.2. The molecule has 0 saturated carbocycles. The second-order valence-corrected chi connectivity index (χ2v) is 9.51. The lowest BCUT2D eigenvalue weighted by molar-refractivity contribution is 0.0725. The molecule has 0 bridgehead atoms. The van der Waals surface area contributed by atoms with E-state index in [2.05, 4.69) is 28.1 Å². The number of hydrogen-bond acceptors (Lipinski definition) is 6. The van der Waals surface area contributed by atoms with Crippen LogP contribution in [0.4, 0.5) is 5.95 Å². The van der Waals surface area contributed by atoms with Crippen LogP contribution in [0.1, 0.15) is 50.9 Å². The van der Waals surface area contributed by atoms with Gasteiger partial charge in [-0.2, -0.15) is 0 Å². The Hall–Kier alpha value is -3.19. The molecule has 0 atom stereocenters. The number of aromatic nitrogens is 2. The number of anilines is 1. The van der Waals surface area contributed by atoms with Crippen LogP contribution in [-0.4, -0.2) is 65.8 Å². The Labute approximate surface area is 208 Å². The van der Waals surface area contributed by atoms with Gasteiger partial charge in [0.15, 0.2) is 0 Å². The van der Waals surface area contributed by atoms with Crippen molar-refractivity contribution in [1.29, 1.82) is 0 Å². The van der Waals surface area contributed by atoms with Crippen LogP contribution in [0.25, 0.3) is 11.3 Å². The molecule has 2 aliphatic rings. The second-order valence-electron chi connectivity index (χ2n) is 9.51. The summed E-state index contributed by atoms with van der Waals surface area (Å²) in [6.45, 7) is 11.4. The van der Waals surface area contributed by atoms with Crippen LogP contribution < -0.4 is 9.64 Å². The van der Waals surface area contributed by atoms with E-state index in [4.69, 9.17) is 14.5 Å². The average molecular weight is 477 g/mol. The van der Waals surface area contributed by atoms with Gasteiger partial charge < -0.3 is 19.3 Å². The maximum atomic E-state index is 13.9. The molecule has 1 aliphatic carbocycles. The van der Waals surface area contributed by atoms with Gasteiger partial charge in [-0.15, -0.1) is 0 Å². The Balaban J connectivity index is 1.70. The average Bonchev–Trinajstić information content (AvgIpc) is 2.87. The maximum Gasteiger partial charge on any atom is 0.258 e. The molecule has 35 heavy (non-hydrogen) atoms. The normalized spacial score (nSPS) is 15.9. The SMILES string of the molecule is CC(C)Oc1ccc(-c2nc(N3CCOCC3)ncc2C(=O)N(CC2=CCCC=C2)C(C)C)cc1. The number of carbonyl (C=O) groups is 1. The third kappa shape index (κ3) is 6.28. The fourth-order valence-corrected chi connectivity index (χ4v) is 4.25. The topological polar surface area (TPSA) is 67.8 Å². The summed E-state index contributed by atoms with van der Waals surface area (Å²) < 4.78 is 11.3. The monoisotopic (exact) mass is 476 g/mol. The number of carbonyl (C=O) groups excluding carboxylic acids is 1. The minimum absolute atomic E-state index is 0.0346. The standard InChI is InChI=1S/C28H36N4O3/c1-20(2)32(19-22-8-6-5-7-9-22)27(33)25-18-29-28(31-14-16-34-17-15-31)30-26(25)23-10-12-24(13-11-23)35-21(3)4/h6,8-13,18,20-21H,5,7,14-17,19H2,1-4H3. The molecule has 0 radical (unpaired) electrons. The van der Waals surface area contributed by atoms with Crippen LogP contribution in [0.2, 0.25) is 0 Å². The molecule has 7 heteroatoms. The van der Waals surface area contributed by atoms with Gasteiger partial charge in [0.25, 0.3) is 5.91 Å². The number of amides is 1. The summed E-state index contributed by atoms with van der Waals surface area (Å²) in [5, 5.41) is 0. The Bertz CT molecular complexity index is 1070. The van der Waals surface area contributed by atoms with Crippen molar-refractivity contribution >= 4 is 11.9 Å². The number of rotatable bonds is 8. The first-order chi connectivity index (χ1) is 16.9. The lowest BCUT2D eigenvalue weighted by Crippen LogP contribution is -2.39. The van der Waals surface area contributed by atoms with Crippen molar-refractivity contribution < 1.29 is 14.3 Å². The highest BCUT2D eigenvalue weighted by Crippen LogP contribution is 2.28. The third-order valence-electron chi connectivity index (χ3n) is 6.11. The third-order valence-corrected chi connectivity index (χ3v) is 6.11. The fourth-order valence-electron chi connectivity index (χ4n) is 4.25. The molecule has 186 valence electrons. The first kappa shape index (κ1) is 24.9. The molecule has 1 aromatic carbocycles. The van der Waals surface area contributed by atoms with E-state index in [0.717, 1.165) is 37.2 Å². The van der Waals surface area contributed by atoms with Crippen molar-refractivity contribution in [3.63, 3.8) is 0 Å². The highest BCUT2D eigenvalue weighted by atomic mass is 16.5. The summed E-state index contributed by atoms with van der Waals surface area (Å²) in [5.41, 5.74) is 3.18. The summed E-state index contributed by atoms with van der Waals surface area (Å²) in [7, 11) is 0. The van der Waals surface area contributed by atoms with Gasteiger partial charge in [0, 0.05) is 37.4 Å². The molecule has 0 unspecified atom stereocenters. The number of benzene rings is 1. The van der Waals surface area contributed by atoms with Crippen LogP contribution in [0.15, 0.2) is 54.3 Å². The highest BCUT2D eigenvalue weighted by molar-refractivity contribution is 6.00. The lowest BCUT2D eigenvalue weighted by Gasteiger charge is -2.30. The van der Waals surface area contributed by atoms with Crippen molar-refractivity contribution in [3.8, 4) is 17.0 Å². The molecule has 7 nitrogen and oxygen atoms in total. The van der Waals surface area contributed by atoms with Gasteiger partial charge in [-0.1, -0.05) is 18.2 Å². The Kier molecular flexibility index (Phi) is 8.18. The number of ether oxygens (including phenoxy) is 2. The van der Waals surface area contributed by atoms with Gasteiger partial charge in [-0.3, -0.25) is 4.79 Å². The molecule has 4 rings (SSSR count). The van der Waals surface area contributed by atoms with Crippen molar-refractivity contribution in [2.45, 2.75) is 52.7 Å². The van der Waals surface area contributed by atoms with Crippen molar-refractivity contribution in [3.05, 3.63) is 59.8 Å². The van der Waals surface area contributed by atoms with Gasteiger partial charge in [-0.05, 0) is 70.4 Å². The van der Waals surface area contributed by atoms with Crippen LogP contribution >= 0.6 is 0 Å². The van der Waals surface area contributed by atoms with Crippen LogP contribution in [0, 0.1) is 0 Å². The molecule has 1 amide bonds. The zero-order chi connectivity index (χ0) is 24.8. The smallest absolute Gasteiger partial charge is 0.258 e. The van der Waals surface area contributed by atoms with Crippen molar-refractivity contribution in [2.24, 2.45) is 0 Å². The Morgan fingerprint density at radius 2 is 1.86 bits per heavy atom. The first-order valence-electron chi connectivity index (χ1n) is 12.6. The zero-order valence-corrected chi connectivity index (χ0v) is 21.2. The van der Waals surface area contributed by atoms with E-state index in [-0.39, 0.29) is 18.1 Å². The molecule has 1 fully saturated rings. The van der Waals surface area contributed by atoms with E-state index in [1.54, 1.807) is 6.20 Å². The van der Waals surface area contributed by atoms with Crippen LogP contribution in [-0.2, 0) is 4.74 Å². The second kappa shape index (κ2) is 11.5. The quantitative estimate of drug-likeness (QED) is 0.540. The van der Waals surface area contributed by atoms with Gasteiger partial charge in [-0.25, -0.2) is 9.97 Å². The minimum atomic E-state index is -0.0640. The van der Waals surface area contributed by atoms with Gasteiger partial charge in [0.05, 0.1) is 30.6 Å². The summed E-state index contributed by atoms with van der Waals surface area (Å²) in [4.78, 5) is 27.4. The van der Waals surface area contributed by atoms with E-state index < -0.39 is 0 Å². The predicted octanol–water partition coefficient (Wildman–Crippen LogP) is 4.89. The van der Waals surface area contributed by atoms with E-state index in [1.807, 2.05) is 56.9 Å². The molecule has 1 aliphatic heterocycles. The summed E-state index contributed by atoms with van der Waals surface area (Å²) in [6, 6.07) is 7.82. The number of hydrogen-bond donors (Lipinski definition) is 0. The Morgan fingerprint density at radius 1 is 1.11 bits per heavy atom. The van der Waals surface area contributed by atoms with E-state index in [1.165, 1.54) is 5.57 Å². The summed E-state index contributed by atoms with van der Waals surface area (Å²) >= 11 is 0. The van der Waals surface area contributed by atoms with Gasteiger partial charge >= 0.3 is 0 Å². The van der Waals surface area contributed by atoms with Gasteiger partial charge in [0.1, 0.15) is 5.75 Å². The molecule has 1 aromatic heterocycles. The minimum Gasteiger partial charge on any atom is -0.491 e. The van der Waals surface area contributed by atoms with Crippen molar-refractivity contribution in [2.75, 3.05) is 37.7 Å². The molecular weight excluding hydrogens is 440 g/mol. The first-order valence-corrected chi connectivity index (χ1v) is 12.6. The molecule has 1 saturated heterocycles. The largest absolute Gasteiger partial charge is 0.491 e. The van der Waals surface area contributed by atoms with Crippen LogP contribution in [0.3, 0.4) is 0 Å². The molecule has 2 heterocycles. The fraction of sp³-hybridized carbons (Fsp3) is 0.464. The molecule has 2 aromatic rings. The Morgan fingerprint density at radius 3 is 2.49 bits per heavy atom. The predicted molar refractivity (Wildman–Crippen MR) is 139 cm³/mol. The molecule has 0 spiro atoms. The van der Waals surface area contributed by atoms with Crippen LogP contribution in [0.5, 0.6) is 5.75 Å². The molecular formula is C28H36N4O3. The maximum absolute atomic E-state index is 13.9. The number of morpholine rings is 1. The number of allylic oxidation sites excluding steroid dienone is 2. The highest BCUT2D eigenvalue weighted by Gasteiger charge is 2.26. The molecule has 0 N–H and O–H groups in total. The van der Waals surface area contributed by atoms with E-state index in [9.17, 15) is 4.79 Å². The lowest BCUT2D eigenvalue weighted by atomic mass is 10.0. The summed E-state index contributed by atoms with van der Waals surface area (Å²) in [6.07, 6.45) is 10.4.